The Hall–Kier alpha value is -1.18. The summed E-state index contributed by atoms with van der Waals surface area (Å²) in [5.74, 6) is 1.58. The summed E-state index contributed by atoms with van der Waals surface area (Å²) in [5.41, 5.74) is 2.85. The van der Waals surface area contributed by atoms with E-state index in [0.717, 1.165) is 70.6 Å². The second-order valence-electron chi connectivity index (χ2n) is 9.45. The summed E-state index contributed by atoms with van der Waals surface area (Å²) >= 11 is 0. The summed E-state index contributed by atoms with van der Waals surface area (Å²) in [7, 11) is 0. The van der Waals surface area contributed by atoms with Gasteiger partial charge in [0.15, 0.2) is 0 Å². The van der Waals surface area contributed by atoms with Gasteiger partial charge in [-0.1, -0.05) is 36.1 Å². The number of carbonyl (C=O) groups is 2. The predicted molar refractivity (Wildman–Crippen MR) is 109 cm³/mol. The highest BCUT2D eigenvalue weighted by Crippen LogP contribution is 2.41. The van der Waals surface area contributed by atoms with Crippen LogP contribution in [0.2, 0.25) is 0 Å². The largest absolute Gasteiger partial charge is 0.299 e. The van der Waals surface area contributed by atoms with Crippen molar-refractivity contribution >= 4 is 11.6 Å². The molecule has 0 aromatic heterocycles. The third-order valence-electron chi connectivity index (χ3n) is 7.70. The standard InChI is InChI=1S/C25H36O2/c26-24-20(13-7-15-22(24)18-9-3-1-4-10-18)17-21-14-8-16-23(25(21)27)19-11-5-2-6-12-19/h9,11,20-23H,1-8,10,12-17H2/t20-,21-,22-,23+/m0/s1. The monoisotopic (exact) mass is 368 g/mol. The maximum atomic E-state index is 13.2. The fraction of sp³-hybridized carbons (Fsp3) is 0.760. The fourth-order valence-electron chi connectivity index (χ4n) is 6.18. The van der Waals surface area contributed by atoms with Gasteiger partial charge in [-0.2, -0.15) is 0 Å². The first-order chi connectivity index (χ1) is 13.2. The molecule has 0 radical (unpaired) electrons. The van der Waals surface area contributed by atoms with E-state index in [0.29, 0.717) is 11.6 Å². The average molecular weight is 369 g/mol. The van der Waals surface area contributed by atoms with Crippen molar-refractivity contribution in [1.82, 2.24) is 0 Å². The van der Waals surface area contributed by atoms with Crippen LogP contribution in [-0.4, -0.2) is 11.6 Å². The molecule has 4 aliphatic rings. The van der Waals surface area contributed by atoms with Gasteiger partial charge in [-0.25, -0.2) is 0 Å². The molecule has 2 heteroatoms. The molecule has 0 aliphatic heterocycles. The number of rotatable bonds is 4. The molecular weight excluding hydrogens is 332 g/mol. The first-order valence-corrected chi connectivity index (χ1v) is 11.7. The highest BCUT2D eigenvalue weighted by Gasteiger charge is 2.39. The minimum atomic E-state index is 0.139. The molecule has 27 heavy (non-hydrogen) atoms. The van der Waals surface area contributed by atoms with Crippen LogP contribution in [0.1, 0.15) is 96.3 Å². The van der Waals surface area contributed by atoms with Gasteiger partial charge in [0, 0.05) is 23.7 Å². The van der Waals surface area contributed by atoms with Gasteiger partial charge < -0.3 is 0 Å². The van der Waals surface area contributed by atoms with E-state index < -0.39 is 0 Å². The quantitative estimate of drug-likeness (QED) is 0.542. The van der Waals surface area contributed by atoms with Gasteiger partial charge in [-0.05, 0) is 83.5 Å². The van der Waals surface area contributed by atoms with E-state index in [1.165, 1.54) is 36.8 Å². The summed E-state index contributed by atoms with van der Waals surface area (Å²) in [6.45, 7) is 0. The number of allylic oxidation sites excluding steroid dienone is 4. The van der Waals surface area contributed by atoms with Gasteiger partial charge in [0.25, 0.3) is 0 Å². The lowest BCUT2D eigenvalue weighted by atomic mass is 9.67. The summed E-state index contributed by atoms with van der Waals surface area (Å²) in [5, 5.41) is 0. The average Bonchev–Trinajstić information content (AvgIpc) is 2.72. The van der Waals surface area contributed by atoms with Crippen molar-refractivity contribution < 1.29 is 9.59 Å². The van der Waals surface area contributed by atoms with Crippen LogP contribution in [0, 0.1) is 23.7 Å². The van der Waals surface area contributed by atoms with Crippen LogP contribution in [-0.2, 0) is 9.59 Å². The number of Topliss-reactive ketones (excluding diaryl/α,β-unsaturated/α-hetero) is 2. The first kappa shape index (κ1) is 19.2. The number of ketones is 2. The molecule has 4 atom stereocenters. The van der Waals surface area contributed by atoms with Gasteiger partial charge in [0.05, 0.1) is 0 Å². The number of hydrogen-bond acceptors (Lipinski definition) is 2. The normalized spacial score (nSPS) is 35.6. The lowest BCUT2D eigenvalue weighted by Crippen LogP contribution is -2.36. The van der Waals surface area contributed by atoms with Crippen molar-refractivity contribution in [3.05, 3.63) is 23.3 Å². The van der Waals surface area contributed by atoms with E-state index >= 15 is 0 Å². The molecule has 0 heterocycles. The molecule has 148 valence electrons. The van der Waals surface area contributed by atoms with Gasteiger partial charge in [0.1, 0.15) is 11.6 Å². The Labute approximate surface area is 164 Å². The van der Waals surface area contributed by atoms with Crippen LogP contribution in [0.25, 0.3) is 0 Å². The summed E-state index contributed by atoms with van der Waals surface area (Å²) in [4.78, 5) is 26.4. The van der Waals surface area contributed by atoms with Gasteiger partial charge in [-0.15, -0.1) is 0 Å². The van der Waals surface area contributed by atoms with Crippen molar-refractivity contribution in [1.29, 1.82) is 0 Å². The van der Waals surface area contributed by atoms with Crippen molar-refractivity contribution in [2.75, 3.05) is 0 Å². The molecule has 4 aliphatic carbocycles. The molecule has 0 amide bonds. The molecule has 0 aromatic rings. The highest BCUT2D eigenvalue weighted by atomic mass is 16.1. The minimum absolute atomic E-state index is 0.139. The zero-order valence-corrected chi connectivity index (χ0v) is 16.9. The maximum Gasteiger partial charge on any atom is 0.143 e. The summed E-state index contributed by atoms with van der Waals surface area (Å²) in [6, 6.07) is 0. The Morgan fingerprint density at radius 3 is 1.52 bits per heavy atom. The molecule has 2 saturated carbocycles. The SMILES string of the molecule is O=C1[C@H](C[C@@H]2CCC[C@H](C3=CCCCC3)C2=O)CCC[C@H]1C1=CCCCC1. The molecule has 0 aromatic carbocycles. The topological polar surface area (TPSA) is 34.1 Å². The van der Waals surface area contributed by atoms with Crippen molar-refractivity contribution in [3.63, 3.8) is 0 Å². The van der Waals surface area contributed by atoms with Crippen molar-refractivity contribution in [2.45, 2.75) is 96.3 Å². The fourth-order valence-corrected chi connectivity index (χ4v) is 6.18. The Balaban J connectivity index is 1.41. The molecular formula is C25H36O2. The van der Waals surface area contributed by atoms with E-state index in [4.69, 9.17) is 0 Å². The molecule has 2 nitrogen and oxygen atoms in total. The van der Waals surface area contributed by atoms with Crippen LogP contribution in [0.4, 0.5) is 0 Å². The molecule has 0 saturated heterocycles. The molecule has 0 N–H and O–H groups in total. The molecule has 0 spiro atoms. The Kier molecular flexibility index (Phi) is 6.30. The van der Waals surface area contributed by atoms with E-state index in [1.807, 2.05) is 0 Å². The van der Waals surface area contributed by atoms with E-state index in [1.54, 1.807) is 0 Å². The minimum Gasteiger partial charge on any atom is -0.299 e. The van der Waals surface area contributed by atoms with Crippen LogP contribution >= 0.6 is 0 Å². The Morgan fingerprint density at radius 2 is 1.11 bits per heavy atom. The Bertz CT molecular complexity index is 572. The third kappa shape index (κ3) is 4.30. The smallest absolute Gasteiger partial charge is 0.143 e. The lowest BCUT2D eigenvalue weighted by Gasteiger charge is -2.35. The first-order valence-electron chi connectivity index (χ1n) is 11.7. The van der Waals surface area contributed by atoms with Crippen LogP contribution in [0.3, 0.4) is 0 Å². The van der Waals surface area contributed by atoms with Gasteiger partial charge >= 0.3 is 0 Å². The van der Waals surface area contributed by atoms with Crippen molar-refractivity contribution in [3.8, 4) is 0 Å². The molecule has 4 rings (SSSR count). The maximum absolute atomic E-state index is 13.2. The van der Waals surface area contributed by atoms with Gasteiger partial charge in [0.2, 0.25) is 0 Å². The summed E-state index contributed by atoms with van der Waals surface area (Å²) < 4.78 is 0. The zero-order valence-electron chi connectivity index (χ0n) is 16.9. The second-order valence-corrected chi connectivity index (χ2v) is 9.45. The van der Waals surface area contributed by atoms with E-state index in [9.17, 15) is 9.59 Å². The van der Waals surface area contributed by atoms with E-state index in [-0.39, 0.29) is 23.7 Å². The van der Waals surface area contributed by atoms with Gasteiger partial charge in [-0.3, -0.25) is 9.59 Å². The molecule has 2 fully saturated rings. The molecule has 0 unspecified atom stereocenters. The number of hydrogen-bond donors (Lipinski definition) is 0. The predicted octanol–water partition coefficient (Wildman–Crippen LogP) is 6.35. The molecule has 0 bridgehead atoms. The number of carbonyl (C=O) groups excluding carboxylic acids is 2. The van der Waals surface area contributed by atoms with Crippen LogP contribution in [0.5, 0.6) is 0 Å². The lowest BCUT2D eigenvalue weighted by molar-refractivity contribution is -0.132. The third-order valence-corrected chi connectivity index (χ3v) is 7.70. The highest BCUT2D eigenvalue weighted by molar-refractivity contribution is 5.89. The second kappa shape index (κ2) is 8.88. The van der Waals surface area contributed by atoms with Crippen molar-refractivity contribution in [2.24, 2.45) is 23.7 Å². The van der Waals surface area contributed by atoms with Crippen LogP contribution in [0.15, 0.2) is 23.3 Å². The zero-order chi connectivity index (χ0) is 18.6. The van der Waals surface area contributed by atoms with Crippen LogP contribution < -0.4 is 0 Å². The summed E-state index contributed by atoms with van der Waals surface area (Å²) in [6.07, 6.45) is 21.6. The van der Waals surface area contributed by atoms with E-state index in [2.05, 4.69) is 12.2 Å². The Morgan fingerprint density at radius 1 is 0.630 bits per heavy atom.